The average molecular weight is 242 g/mol. The van der Waals surface area contributed by atoms with E-state index in [-0.39, 0.29) is 0 Å². The van der Waals surface area contributed by atoms with Gasteiger partial charge in [0, 0.05) is 12.5 Å². The van der Waals surface area contributed by atoms with Crippen LogP contribution >= 0.6 is 11.6 Å². The lowest BCUT2D eigenvalue weighted by Gasteiger charge is -2.23. The van der Waals surface area contributed by atoms with Gasteiger partial charge in [-0.2, -0.15) is 0 Å². The monoisotopic (exact) mass is 241 g/mol. The maximum absolute atomic E-state index is 6.19. The molecule has 1 fully saturated rings. The van der Waals surface area contributed by atoms with E-state index in [1.807, 2.05) is 0 Å². The lowest BCUT2D eigenvalue weighted by molar-refractivity contribution is 0.415. The van der Waals surface area contributed by atoms with Crippen molar-refractivity contribution in [3.63, 3.8) is 0 Å². The normalized spacial score (nSPS) is 18.2. The van der Waals surface area contributed by atoms with Crippen molar-refractivity contribution in [3.8, 4) is 0 Å². The molecule has 0 unspecified atom stereocenters. The van der Waals surface area contributed by atoms with Crippen molar-refractivity contribution in [1.82, 2.24) is 14.9 Å². The molecule has 0 aliphatic carbocycles. The van der Waals surface area contributed by atoms with Gasteiger partial charge in [-0.25, -0.2) is 4.98 Å². The van der Waals surface area contributed by atoms with Crippen LogP contribution in [0.15, 0.2) is 6.20 Å². The van der Waals surface area contributed by atoms with Gasteiger partial charge in [-0.05, 0) is 31.8 Å². The Morgan fingerprint density at radius 3 is 2.81 bits per heavy atom. The summed E-state index contributed by atoms with van der Waals surface area (Å²) in [7, 11) is 0. The Morgan fingerprint density at radius 2 is 2.19 bits per heavy atom. The van der Waals surface area contributed by atoms with E-state index in [2.05, 4.69) is 28.7 Å². The molecule has 0 saturated carbocycles. The van der Waals surface area contributed by atoms with Crippen molar-refractivity contribution < 1.29 is 0 Å². The molecule has 2 heterocycles. The van der Waals surface area contributed by atoms with Gasteiger partial charge in [0.15, 0.2) is 0 Å². The third-order valence-corrected chi connectivity index (χ3v) is 3.39. The summed E-state index contributed by atoms with van der Waals surface area (Å²) < 4.78 is 2.18. The number of nitrogens with zero attached hydrogens (tertiary/aromatic N) is 2. The molecular formula is C12H20ClN3. The molecule has 90 valence electrons. The molecule has 0 aromatic carbocycles. The number of piperidine rings is 1. The average Bonchev–Trinajstić information content (AvgIpc) is 2.61. The Bertz CT molecular complexity index is 340. The van der Waals surface area contributed by atoms with E-state index >= 15 is 0 Å². The van der Waals surface area contributed by atoms with Gasteiger partial charge in [0.1, 0.15) is 11.0 Å². The SMILES string of the molecule is CC(C)Cn1c(Cl)cnc1C1CCNCC1. The molecule has 3 nitrogen and oxygen atoms in total. The van der Waals surface area contributed by atoms with Crippen molar-refractivity contribution in [3.05, 3.63) is 17.2 Å². The van der Waals surface area contributed by atoms with Crippen LogP contribution < -0.4 is 5.32 Å². The molecule has 4 heteroatoms. The molecule has 2 rings (SSSR count). The lowest BCUT2D eigenvalue weighted by Crippen LogP contribution is -2.28. The van der Waals surface area contributed by atoms with Crippen LogP contribution in [-0.2, 0) is 6.54 Å². The Morgan fingerprint density at radius 1 is 1.50 bits per heavy atom. The molecule has 0 atom stereocenters. The first-order valence-corrected chi connectivity index (χ1v) is 6.48. The van der Waals surface area contributed by atoms with Gasteiger partial charge in [0.2, 0.25) is 0 Å². The molecule has 0 radical (unpaired) electrons. The molecule has 1 saturated heterocycles. The lowest BCUT2D eigenvalue weighted by atomic mass is 9.97. The Labute approximate surface area is 102 Å². The summed E-state index contributed by atoms with van der Waals surface area (Å²) >= 11 is 6.19. The summed E-state index contributed by atoms with van der Waals surface area (Å²) in [5.41, 5.74) is 0. The number of hydrogen-bond donors (Lipinski definition) is 1. The third-order valence-electron chi connectivity index (χ3n) is 3.09. The number of aromatic nitrogens is 2. The van der Waals surface area contributed by atoms with Gasteiger partial charge in [-0.3, -0.25) is 0 Å². The fraction of sp³-hybridized carbons (Fsp3) is 0.750. The number of rotatable bonds is 3. The maximum atomic E-state index is 6.19. The smallest absolute Gasteiger partial charge is 0.128 e. The predicted octanol–water partition coefficient (Wildman–Crippen LogP) is 2.66. The molecule has 0 amide bonds. The predicted molar refractivity (Wildman–Crippen MR) is 66.9 cm³/mol. The molecule has 0 bridgehead atoms. The number of imidazole rings is 1. The maximum Gasteiger partial charge on any atom is 0.128 e. The molecular weight excluding hydrogens is 222 g/mol. The quantitative estimate of drug-likeness (QED) is 0.882. The van der Waals surface area contributed by atoms with E-state index in [4.69, 9.17) is 11.6 Å². The van der Waals surface area contributed by atoms with Crippen LogP contribution in [0.4, 0.5) is 0 Å². The molecule has 1 aromatic heterocycles. The highest BCUT2D eigenvalue weighted by Crippen LogP contribution is 2.27. The standard InChI is InChI=1S/C12H20ClN3/c1-9(2)8-16-11(13)7-15-12(16)10-3-5-14-6-4-10/h7,9-10,14H,3-6,8H2,1-2H3. The zero-order chi connectivity index (χ0) is 11.5. The van der Waals surface area contributed by atoms with Crippen molar-refractivity contribution in [1.29, 1.82) is 0 Å². The first kappa shape index (κ1) is 11.9. The highest BCUT2D eigenvalue weighted by molar-refractivity contribution is 6.29. The minimum Gasteiger partial charge on any atom is -0.319 e. The number of hydrogen-bond acceptors (Lipinski definition) is 2. The molecule has 16 heavy (non-hydrogen) atoms. The Kier molecular flexibility index (Phi) is 3.87. The third kappa shape index (κ3) is 2.58. The largest absolute Gasteiger partial charge is 0.319 e. The first-order chi connectivity index (χ1) is 7.68. The van der Waals surface area contributed by atoms with Crippen LogP contribution in [0.1, 0.15) is 38.4 Å². The van der Waals surface area contributed by atoms with Crippen LogP contribution in [0.5, 0.6) is 0 Å². The Hall–Kier alpha value is -0.540. The van der Waals surface area contributed by atoms with Crippen LogP contribution in [0.25, 0.3) is 0 Å². The van der Waals surface area contributed by atoms with E-state index in [1.54, 1.807) is 6.20 Å². The highest BCUT2D eigenvalue weighted by atomic mass is 35.5. The first-order valence-electron chi connectivity index (χ1n) is 6.10. The summed E-state index contributed by atoms with van der Waals surface area (Å²) in [6.45, 7) is 7.58. The summed E-state index contributed by atoms with van der Waals surface area (Å²) in [6.07, 6.45) is 4.14. The zero-order valence-electron chi connectivity index (χ0n) is 10.0. The van der Waals surface area contributed by atoms with Crippen LogP contribution in [-0.4, -0.2) is 22.6 Å². The summed E-state index contributed by atoms with van der Waals surface area (Å²) in [6, 6.07) is 0. The van der Waals surface area contributed by atoms with E-state index in [9.17, 15) is 0 Å². The van der Waals surface area contributed by atoms with Gasteiger partial charge in [0.05, 0.1) is 6.20 Å². The van der Waals surface area contributed by atoms with E-state index < -0.39 is 0 Å². The minimum absolute atomic E-state index is 0.576. The van der Waals surface area contributed by atoms with E-state index in [1.165, 1.54) is 18.7 Å². The van der Waals surface area contributed by atoms with Crippen LogP contribution in [0.2, 0.25) is 5.15 Å². The zero-order valence-corrected chi connectivity index (χ0v) is 10.8. The van der Waals surface area contributed by atoms with Gasteiger partial charge in [0.25, 0.3) is 0 Å². The van der Waals surface area contributed by atoms with E-state index in [0.717, 1.165) is 24.8 Å². The van der Waals surface area contributed by atoms with Crippen molar-refractivity contribution in [2.45, 2.75) is 39.2 Å². The number of nitrogens with one attached hydrogen (secondary N) is 1. The molecule has 1 aliphatic heterocycles. The second-order valence-corrected chi connectivity index (χ2v) is 5.36. The number of halogens is 1. The minimum atomic E-state index is 0.576. The molecule has 0 spiro atoms. The second-order valence-electron chi connectivity index (χ2n) is 4.97. The van der Waals surface area contributed by atoms with Gasteiger partial charge >= 0.3 is 0 Å². The molecule has 1 aliphatic rings. The Balaban J connectivity index is 2.18. The molecule has 1 N–H and O–H groups in total. The highest BCUT2D eigenvalue weighted by Gasteiger charge is 2.21. The summed E-state index contributed by atoms with van der Waals surface area (Å²) in [5.74, 6) is 2.36. The van der Waals surface area contributed by atoms with Crippen LogP contribution in [0, 0.1) is 5.92 Å². The van der Waals surface area contributed by atoms with Gasteiger partial charge in [-0.15, -0.1) is 0 Å². The summed E-state index contributed by atoms with van der Waals surface area (Å²) in [4.78, 5) is 4.50. The fourth-order valence-electron chi connectivity index (χ4n) is 2.32. The molecule has 1 aromatic rings. The van der Waals surface area contributed by atoms with E-state index in [0.29, 0.717) is 11.8 Å². The topological polar surface area (TPSA) is 29.9 Å². The van der Waals surface area contributed by atoms with Gasteiger partial charge < -0.3 is 9.88 Å². The summed E-state index contributed by atoms with van der Waals surface area (Å²) in [5, 5.41) is 4.16. The van der Waals surface area contributed by atoms with Crippen LogP contribution in [0.3, 0.4) is 0 Å². The second kappa shape index (κ2) is 5.19. The van der Waals surface area contributed by atoms with Crippen molar-refractivity contribution >= 4 is 11.6 Å². The van der Waals surface area contributed by atoms with Crippen molar-refractivity contribution in [2.24, 2.45) is 5.92 Å². The van der Waals surface area contributed by atoms with Crippen molar-refractivity contribution in [2.75, 3.05) is 13.1 Å². The fourth-order valence-corrected chi connectivity index (χ4v) is 2.52. The van der Waals surface area contributed by atoms with Gasteiger partial charge in [-0.1, -0.05) is 25.4 Å².